The molecule has 0 saturated carbocycles. The molecule has 2 aromatic carbocycles. The Morgan fingerprint density at radius 2 is 1.75 bits per heavy atom. The van der Waals surface area contributed by atoms with Crippen LogP contribution in [0.1, 0.15) is 11.6 Å². The first-order chi connectivity index (χ1) is 15.5. The lowest BCUT2D eigenvalue weighted by atomic mass is 10.0. The molecule has 1 N–H and O–H groups in total. The first-order valence-corrected chi connectivity index (χ1v) is 9.87. The topological polar surface area (TPSA) is 94.6 Å². The molecular weight excluding hydrogens is 409 g/mol. The summed E-state index contributed by atoms with van der Waals surface area (Å²) in [6.45, 7) is 3.77. The highest BCUT2D eigenvalue weighted by atomic mass is 19.1. The zero-order valence-corrected chi connectivity index (χ0v) is 17.3. The summed E-state index contributed by atoms with van der Waals surface area (Å²) < 4.78 is 20.9. The van der Waals surface area contributed by atoms with Crippen molar-refractivity contribution in [2.45, 2.75) is 13.8 Å². The highest BCUT2D eigenvalue weighted by Gasteiger charge is 2.10. The molecule has 0 radical (unpaired) electrons. The van der Waals surface area contributed by atoms with E-state index in [1.165, 1.54) is 24.6 Å². The zero-order valence-electron chi connectivity index (χ0n) is 17.3. The first-order valence-electron chi connectivity index (χ1n) is 9.87. The van der Waals surface area contributed by atoms with Crippen LogP contribution < -0.4 is 5.32 Å². The van der Waals surface area contributed by atoms with Crippen LogP contribution in [0.25, 0.3) is 28.1 Å². The van der Waals surface area contributed by atoms with Gasteiger partial charge in [0.25, 0.3) is 0 Å². The normalized spacial score (nSPS) is 11.0. The van der Waals surface area contributed by atoms with Crippen LogP contribution in [0.15, 0.2) is 71.7 Å². The lowest BCUT2D eigenvalue weighted by Crippen LogP contribution is -2.01. The molecule has 0 aliphatic rings. The smallest absolute Gasteiger partial charge is 0.227 e. The average molecular weight is 427 g/mol. The zero-order chi connectivity index (χ0) is 22.1. The lowest BCUT2D eigenvalue weighted by Gasteiger charge is -2.09. The van der Waals surface area contributed by atoms with E-state index in [0.717, 1.165) is 23.0 Å². The number of halogens is 1. The van der Waals surface area contributed by atoms with Crippen LogP contribution in [0.5, 0.6) is 0 Å². The van der Waals surface area contributed by atoms with E-state index >= 15 is 0 Å². The Balaban J connectivity index is 1.40. The van der Waals surface area contributed by atoms with E-state index in [1.807, 2.05) is 44.2 Å². The van der Waals surface area contributed by atoms with Crippen molar-refractivity contribution >= 4 is 11.6 Å². The van der Waals surface area contributed by atoms with Crippen molar-refractivity contribution in [3.63, 3.8) is 0 Å². The molecule has 0 atom stereocenters. The van der Waals surface area contributed by atoms with Crippen LogP contribution in [0.2, 0.25) is 0 Å². The molecule has 0 spiro atoms. The molecule has 5 aromatic rings. The van der Waals surface area contributed by atoms with E-state index in [0.29, 0.717) is 28.3 Å². The summed E-state index contributed by atoms with van der Waals surface area (Å²) >= 11 is 0. The molecule has 5 rings (SSSR count). The molecule has 0 amide bonds. The Labute approximate surface area is 182 Å². The lowest BCUT2D eigenvalue weighted by molar-refractivity contribution is 0.420. The molecule has 0 unspecified atom stereocenters. The maximum absolute atomic E-state index is 14.2. The minimum atomic E-state index is -0.374. The van der Waals surface area contributed by atoms with Gasteiger partial charge in [0.05, 0.1) is 17.6 Å². The van der Waals surface area contributed by atoms with Crippen molar-refractivity contribution in [3.05, 3.63) is 84.7 Å². The third kappa shape index (κ3) is 3.95. The second kappa shape index (κ2) is 8.03. The molecule has 0 aliphatic heterocycles. The van der Waals surface area contributed by atoms with Crippen LogP contribution >= 0.6 is 0 Å². The summed E-state index contributed by atoms with van der Waals surface area (Å²) in [7, 11) is 0. The second-order valence-corrected chi connectivity index (χ2v) is 7.20. The van der Waals surface area contributed by atoms with Gasteiger partial charge < -0.3 is 9.84 Å². The fourth-order valence-electron chi connectivity index (χ4n) is 3.41. The monoisotopic (exact) mass is 427 g/mol. The molecule has 9 heteroatoms. The van der Waals surface area contributed by atoms with E-state index < -0.39 is 0 Å². The van der Waals surface area contributed by atoms with Crippen molar-refractivity contribution < 1.29 is 8.91 Å². The van der Waals surface area contributed by atoms with Crippen LogP contribution in [-0.2, 0) is 0 Å². The molecular formula is C23H18FN7O. The minimum Gasteiger partial charge on any atom is -0.364 e. The SMILES string of the molecule is Cc1nc(C)n(-c2ccc(Nc3nccc(-c4cc(F)cc(-c5cnoc5)c4)n3)cc2)n1. The molecule has 0 aliphatic carbocycles. The van der Waals surface area contributed by atoms with E-state index in [-0.39, 0.29) is 5.82 Å². The molecule has 32 heavy (non-hydrogen) atoms. The molecule has 8 nitrogen and oxygen atoms in total. The standard InChI is InChI=1S/C23H18FN7O/c1-14-27-15(2)31(30-14)21-5-3-20(4-6-21)28-23-25-8-7-22(29-23)17-9-16(10-19(24)11-17)18-12-26-32-13-18/h3-13H,1-2H3,(H,25,28,29). The highest BCUT2D eigenvalue weighted by Crippen LogP contribution is 2.27. The van der Waals surface area contributed by atoms with Crippen molar-refractivity contribution in [3.8, 4) is 28.1 Å². The van der Waals surface area contributed by atoms with Gasteiger partial charge in [0.1, 0.15) is 23.7 Å². The molecule has 3 heterocycles. The predicted molar refractivity (Wildman–Crippen MR) is 117 cm³/mol. The number of aryl methyl sites for hydroxylation is 2. The van der Waals surface area contributed by atoms with Crippen molar-refractivity contribution in [2.24, 2.45) is 0 Å². The molecule has 0 fully saturated rings. The Morgan fingerprint density at radius 1 is 0.938 bits per heavy atom. The van der Waals surface area contributed by atoms with E-state index in [2.05, 4.69) is 30.5 Å². The summed E-state index contributed by atoms with van der Waals surface area (Å²) in [6.07, 6.45) is 4.64. The summed E-state index contributed by atoms with van der Waals surface area (Å²) in [5, 5.41) is 11.3. The van der Waals surface area contributed by atoms with Gasteiger partial charge in [-0.3, -0.25) is 0 Å². The predicted octanol–water partition coefficient (Wildman–Crippen LogP) is 4.88. The number of hydrogen-bond acceptors (Lipinski definition) is 7. The van der Waals surface area contributed by atoms with Gasteiger partial charge in [-0.2, -0.15) is 5.10 Å². The van der Waals surface area contributed by atoms with Gasteiger partial charge in [0.15, 0.2) is 0 Å². The van der Waals surface area contributed by atoms with Crippen molar-refractivity contribution in [1.29, 1.82) is 0 Å². The summed E-state index contributed by atoms with van der Waals surface area (Å²) in [6, 6.07) is 14.1. The minimum absolute atomic E-state index is 0.374. The number of benzene rings is 2. The van der Waals surface area contributed by atoms with Crippen LogP contribution in [-0.4, -0.2) is 29.9 Å². The number of hydrogen-bond donors (Lipinski definition) is 1. The van der Waals surface area contributed by atoms with Gasteiger partial charge in [-0.25, -0.2) is 24.0 Å². The summed E-state index contributed by atoms with van der Waals surface area (Å²) in [5.41, 5.74) is 4.28. The Hall–Kier alpha value is -4.40. The highest BCUT2D eigenvalue weighted by molar-refractivity contribution is 5.71. The van der Waals surface area contributed by atoms with Crippen molar-refractivity contribution in [2.75, 3.05) is 5.32 Å². The van der Waals surface area contributed by atoms with Crippen LogP contribution in [0.3, 0.4) is 0 Å². The van der Waals surface area contributed by atoms with Crippen LogP contribution in [0.4, 0.5) is 16.0 Å². The Morgan fingerprint density at radius 3 is 2.47 bits per heavy atom. The summed E-state index contributed by atoms with van der Waals surface area (Å²) in [4.78, 5) is 13.2. The van der Waals surface area contributed by atoms with Gasteiger partial charge in [-0.05, 0) is 67.9 Å². The molecule has 0 saturated heterocycles. The largest absolute Gasteiger partial charge is 0.364 e. The summed E-state index contributed by atoms with van der Waals surface area (Å²) in [5.74, 6) is 1.57. The number of aromatic nitrogens is 6. The third-order valence-corrected chi connectivity index (χ3v) is 4.86. The fourth-order valence-corrected chi connectivity index (χ4v) is 3.41. The van der Waals surface area contributed by atoms with Gasteiger partial charge >= 0.3 is 0 Å². The molecule has 158 valence electrons. The maximum atomic E-state index is 14.2. The Bertz CT molecular complexity index is 1380. The maximum Gasteiger partial charge on any atom is 0.227 e. The van der Waals surface area contributed by atoms with E-state index in [9.17, 15) is 4.39 Å². The van der Waals surface area contributed by atoms with Gasteiger partial charge in [0, 0.05) is 23.0 Å². The third-order valence-electron chi connectivity index (χ3n) is 4.86. The van der Waals surface area contributed by atoms with Gasteiger partial charge in [-0.15, -0.1) is 0 Å². The Kier molecular flexibility index (Phi) is 4.91. The average Bonchev–Trinajstić information content (AvgIpc) is 3.44. The van der Waals surface area contributed by atoms with E-state index in [4.69, 9.17) is 4.52 Å². The fraction of sp³-hybridized carbons (Fsp3) is 0.0870. The number of nitrogens with one attached hydrogen (secondary N) is 1. The van der Waals surface area contributed by atoms with E-state index in [1.54, 1.807) is 16.9 Å². The number of rotatable bonds is 5. The van der Waals surface area contributed by atoms with Crippen molar-refractivity contribution in [1.82, 2.24) is 29.9 Å². The molecule has 0 bridgehead atoms. The quantitative estimate of drug-likeness (QED) is 0.427. The number of nitrogens with zero attached hydrogens (tertiary/aromatic N) is 6. The van der Waals surface area contributed by atoms with Gasteiger partial charge in [0.2, 0.25) is 5.95 Å². The molecule has 3 aromatic heterocycles. The van der Waals surface area contributed by atoms with Crippen LogP contribution in [0, 0.1) is 19.7 Å². The first kappa shape index (κ1) is 19.6. The van der Waals surface area contributed by atoms with Gasteiger partial charge in [-0.1, -0.05) is 5.16 Å². The number of anilines is 2. The second-order valence-electron chi connectivity index (χ2n) is 7.20.